The zero-order valence-corrected chi connectivity index (χ0v) is 44.6. The van der Waals surface area contributed by atoms with Crippen molar-refractivity contribution in [2.75, 3.05) is 100.0 Å². The minimum absolute atomic E-state index is 0.0425. The Morgan fingerprint density at radius 3 is 1.49 bits per heavy atom. The van der Waals surface area contributed by atoms with E-state index in [4.69, 9.17) is 4.74 Å². The molecule has 20 nitrogen and oxygen atoms in total. The van der Waals surface area contributed by atoms with Crippen LogP contribution in [-0.4, -0.2) is 160 Å². The first-order valence-corrected chi connectivity index (χ1v) is 25.4. The van der Waals surface area contributed by atoms with Gasteiger partial charge in [0.25, 0.3) is 11.8 Å². The number of halogens is 6. The van der Waals surface area contributed by atoms with Gasteiger partial charge in [0, 0.05) is 128 Å². The van der Waals surface area contributed by atoms with E-state index in [0.29, 0.717) is 53.3 Å². The minimum atomic E-state index is -4.89. The molecular formula is C53H60F6N14O6. The quantitative estimate of drug-likeness (QED) is 0.112. The molecule has 3 N–H and O–H groups in total. The van der Waals surface area contributed by atoms with Crippen molar-refractivity contribution in [1.29, 1.82) is 0 Å². The second-order valence-corrected chi connectivity index (χ2v) is 20.4. The number of carbonyl (C=O) groups is 3. The number of hydrogen-bond acceptors (Lipinski definition) is 16. The average molecular weight is 1100 g/mol. The molecule has 2 fully saturated rings. The van der Waals surface area contributed by atoms with Crippen molar-refractivity contribution in [2.24, 2.45) is 14.1 Å². The van der Waals surface area contributed by atoms with Gasteiger partial charge in [-0.15, -0.1) is 26.3 Å². The van der Waals surface area contributed by atoms with E-state index in [1.165, 1.54) is 24.5 Å². The smallest absolute Gasteiger partial charge is 0.443 e. The third-order valence-electron chi connectivity index (χ3n) is 13.7. The molecule has 3 amide bonds. The zero-order chi connectivity index (χ0) is 56.6. The number of alkyl halides is 6. The number of piperazine rings is 2. The van der Waals surface area contributed by atoms with Crippen LogP contribution in [0.2, 0.25) is 0 Å². The lowest BCUT2D eigenvalue weighted by atomic mass is 10.1. The van der Waals surface area contributed by atoms with E-state index in [-0.39, 0.29) is 41.5 Å². The Morgan fingerprint density at radius 1 is 0.595 bits per heavy atom. The summed E-state index contributed by atoms with van der Waals surface area (Å²) in [4.78, 5) is 65.3. The van der Waals surface area contributed by atoms with Crippen LogP contribution in [0.5, 0.6) is 11.5 Å². The summed E-state index contributed by atoms with van der Waals surface area (Å²) in [5.74, 6) is -1.25. The van der Waals surface area contributed by atoms with E-state index < -0.39 is 36.1 Å². The molecule has 0 bridgehead atoms. The van der Waals surface area contributed by atoms with Crippen LogP contribution in [0.1, 0.15) is 52.9 Å². The van der Waals surface area contributed by atoms with E-state index in [0.717, 1.165) is 80.0 Å². The highest BCUT2D eigenvalue weighted by Gasteiger charge is 2.37. The zero-order valence-electron chi connectivity index (χ0n) is 44.6. The molecule has 79 heavy (non-hydrogen) atoms. The number of nitrogens with zero attached hydrogens (tertiary/aromatic N) is 11. The van der Waals surface area contributed by atoms with Gasteiger partial charge in [0.1, 0.15) is 5.60 Å². The van der Waals surface area contributed by atoms with Crippen LogP contribution in [0.15, 0.2) is 73.1 Å². The Kier molecular flexibility index (Phi) is 15.7. The molecule has 4 aliphatic rings. The number of ether oxygens (including phenoxy) is 3. The molecule has 2 aromatic carbocycles. The van der Waals surface area contributed by atoms with Gasteiger partial charge in [-0.05, 0) is 95.5 Å². The fraction of sp³-hybridized carbons (Fsp3) is 0.415. The van der Waals surface area contributed by atoms with Crippen LogP contribution in [0, 0.1) is 0 Å². The predicted molar refractivity (Wildman–Crippen MR) is 282 cm³/mol. The molecule has 6 aromatic rings. The summed E-state index contributed by atoms with van der Waals surface area (Å²) in [6.45, 7) is 12.2. The molecule has 8 heterocycles. The molecule has 0 unspecified atom stereocenters. The summed E-state index contributed by atoms with van der Waals surface area (Å²) in [5.41, 5.74) is 5.75. The van der Waals surface area contributed by atoms with E-state index in [2.05, 4.69) is 65.0 Å². The lowest BCUT2D eigenvalue weighted by Crippen LogP contribution is -2.44. The molecule has 26 heteroatoms. The maximum Gasteiger partial charge on any atom is 0.573 e. The lowest BCUT2D eigenvalue weighted by molar-refractivity contribution is -0.275. The number of rotatable bonds is 10. The molecule has 4 aromatic heterocycles. The number of aromatic nitrogens is 6. The van der Waals surface area contributed by atoms with Gasteiger partial charge in [-0.1, -0.05) is 0 Å². The molecular weight excluding hydrogens is 1040 g/mol. The molecule has 420 valence electrons. The van der Waals surface area contributed by atoms with Crippen molar-refractivity contribution in [1.82, 2.24) is 49.1 Å². The number of carbonyl (C=O) groups excluding carboxylic acids is 3. The fourth-order valence-electron chi connectivity index (χ4n) is 9.65. The van der Waals surface area contributed by atoms with Crippen molar-refractivity contribution in [3.8, 4) is 34.3 Å². The minimum Gasteiger partial charge on any atom is -0.443 e. The van der Waals surface area contributed by atoms with Gasteiger partial charge in [0.15, 0.2) is 11.5 Å². The molecule has 0 aliphatic carbocycles. The summed E-state index contributed by atoms with van der Waals surface area (Å²) >= 11 is 0. The highest BCUT2D eigenvalue weighted by atomic mass is 19.4. The molecule has 2 saturated heterocycles. The Hall–Kier alpha value is -8.13. The number of likely N-dealkylation sites (N-methyl/N-ethyl adjacent to an activating group) is 2. The van der Waals surface area contributed by atoms with Gasteiger partial charge in [0.2, 0.25) is 11.9 Å². The summed E-state index contributed by atoms with van der Waals surface area (Å²) in [7, 11) is 7.70. The summed E-state index contributed by atoms with van der Waals surface area (Å²) in [5, 5.41) is 8.63. The molecule has 0 radical (unpaired) electrons. The number of benzene rings is 2. The van der Waals surface area contributed by atoms with Gasteiger partial charge >= 0.3 is 18.8 Å². The second kappa shape index (κ2) is 22.3. The van der Waals surface area contributed by atoms with E-state index in [9.17, 15) is 40.7 Å². The second-order valence-electron chi connectivity index (χ2n) is 20.4. The van der Waals surface area contributed by atoms with Crippen LogP contribution in [0.4, 0.5) is 65.8 Å². The molecule has 0 atom stereocenters. The van der Waals surface area contributed by atoms with Crippen LogP contribution < -0.4 is 35.2 Å². The third kappa shape index (κ3) is 13.2. The van der Waals surface area contributed by atoms with E-state index >= 15 is 0 Å². The van der Waals surface area contributed by atoms with E-state index in [1.54, 1.807) is 76.3 Å². The summed E-state index contributed by atoms with van der Waals surface area (Å²) in [6.07, 6.45) is -6.34. The normalized spacial score (nSPS) is 16.3. The van der Waals surface area contributed by atoms with Crippen molar-refractivity contribution in [3.63, 3.8) is 0 Å². The highest BCUT2D eigenvalue weighted by Crippen LogP contribution is 2.38. The first-order valence-electron chi connectivity index (χ1n) is 25.4. The molecule has 0 saturated carbocycles. The van der Waals surface area contributed by atoms with Crippen molar-refractivity contribution >= 4 is 52.6 Å². The Labute approximate surface area is 451 Å². The first kappa shape index (κ1) is 55.6. The Bertz CT molecular complexity index is 3230. The van der Waals surface area contributed by atoms with Gasteiger partial charge in [-0.2, -0.15) is 0 Å². The predicted octanol–water partition coefficient (Wildman–Crippen LogP) is 7.97. The van der Waals surface area contributed by atoms with Gasteiger partial charge in [-0.3, -0.25) is 9.59 Å². The number of nitrogens with one attached hydrogen (secondary N) is 3. The topological polar surface area (TPSA) is 193 Å². The molecule has 0 spiro atoms. The van der Waals surface area contributed by atoms with Gasteiger partial charge < -0.3 is 58.9 Å². The number of fused-ring (bicyclic) bond motifs is 2. The number of amides is 3. The lowest BCUT2D eigenvalue weighted by Gasteiger charge is -2.34. The van der Waals surface area contributed by atoms with Crippen LogP contribution >= 0.6 is 0 Å². The third-order valence-corrected chi connectivity index (χ3v) is 13.7. The van der Waals surface area contributed by atoms with Crippen molar-refractivity contribution < 1.29 is 54.9 Å². The number of imide groups is 1. The van der Waals surface area contributed by atoms with Crippen LogP contribution in [0.3, 0.4) is 0 Å². The van der Waals surface area contributed by atoms with Gasteiger partial charge in [0.05, 0.1) is 45.3 Å². The summed E-state index contributed by atoms with van der Waals surface area (Å²) in [6, 6.07) is 15.7. The average Bonchev–Trinajstić information content (AvgIpc) is 4.19. The molecule has 4 aliphatic heterocycles. The molecule has 10 rings (SSSR count). The van der Waals surface area contributed by atoms with Crippen LogP contribution in [0.25, 0.3) is 22.8 Å². The monoisotopic (exact) mass is 1100 g/mol. The first-order chi connectivity index (χ1) is 37.4. The summed E-state index contributed by atoms with van der Waals surface area (Å²) < 4.78 is 96.7. The maximum absolute atomic E-state index is 13.2. The number of hydrogen-bond donors (Lipinski definition) is 3. The maximum atomic E-state index is 13.2. The highest BCUT2D eigenvalue weighted by molar-refractivity contribution is 6.05. The van der Waals surface area contributed by atoms with E-state index in [1.807, 2.05) is 30.3 Å². The van der Waals surface area contributed by atoms with Crippen LogP contribution in [-0.2, 0) is 31.7 Å². The standard InChI is InChI=1S/C29H34F3N7O4.C24H26F3N7O2/c1-28(2,3)43-27(41)39-11-9-22-19(25(39)40)17-23(37(22)5)20-8-10-33-26(34-20)35-21-16-18(38-14-12-36(4)13-15-38)6-7-24(21)42-29(30,31)32;1-32-9-11-34(12-10-32)15-3-4-21(36-24(25,26)27)18(13-15)31-23-29-7-5-17(30-23)20-14-16-19(33(20)2)6-8-28-22(16)35/h6-8,10,16-17H,9,11-15H2,1-5H3,(H,33,34,35);3-5,7,13-14H,6,8-12H2,1-2H3,(H,28,35)(H,29,30,31). The largest absolute Gasteiger partial charge is 0.573 e. The Balaban J connectivity index is 0.000000195. The van der Waals surface area contributed by atoms with Crippen molar-refractivity contribution in [3.05, 3.63) is 95.6 Å². The number of anilines is 6. The van der Waals surface area contributed by atoms with Crippen molar-refractivity contribution in [2.45, 2.75) is 51.9 Å². The van der Waals surface area contributed by atoms with Gasteiger partial charge in [-0.25, -0.2) is 29.6 Å². The SMILES string of the molecule is CN1CCN(c2ccc(OC(F)(F)F)c(Nc3nccc(-c4cc5c(n4C)CCN(C(=O)OC(C)(C)C)C5=O)n3)c2)CC1.CN1CCN(c2ccc(OC(F)(F)F)c(Nc3nccc(-c4cc5c(n4C)CCNC5=O)n3)c2)CC1. The fourth-order valence-corrected chi connectivity index (χ4v) is 9.65. The Morgan fingerprint density at radius 2 is 1.05 bits per heavy atom.